The highest BCUT2D eigenvalue weighted by atomic mass is 19.1. The van der Waals surface area contributed by atoms with E-state index in [1.807, 2.05) is 30.3 Å². The quantitative estimate of drug-likeness (QED) is 0.595. The molecule has 6 rings (SSSR count). The third kappa shape index (κ3) is 4.43. The minimum atomic E-state index is -0.282. The number of benzene rings is 2. The van der Waals surface area contributed by atoms with Crippen molar-refractivity contribution in [2.24, 2.45) is 5.41 Å². The lowest BCUT2D eigenvalue weighted by molar-refractivity contribution is 0.0680. The van der Waals surface area contributed by atoms with Gasteiger partial charge in [-0.05, 0) is 80.4 Å². The summed E-state index contributed by atoms with van der Waals surface area (Å²) in [5.74, 6) is 0.438. The largest absolute Gasteiger partial charge is 0.491 e. The SMILES string of the molecule is O=c1c2ccc(OC[C@H]3CCCO3)cc2ccn1-c1ccc(N2CCCC3(CCNC3)C2)c(F)c1. The van der Waals surface area contributed by atoms with Gasteiger partial charge in [0.25, 0.3) is 5.56 Å². The van der Waals surface area contributed by atoms with E-state index < -0.39 is 0 Å². The summed E-state index contributed by atoms with van der Waals surface area (Å²) in [6.07, 6.45) is 7.37. The minimum Gasteiger partial charge on any atom is -0.491 e. The molecule has 2 aromatic carbocycles. The van der Waals surface area contributed by atoms with Crippen LogP contribution in [0, 0.1) is 11.2 Å². The van der Waals surface area contributed by atoms with Crippen molar-refractivity contribution in [1.82, 2.24) is 9.88 Å². The zero-order valence-electron chi connectivity index (χ0n) is 20.0. The molecule has 0 saturated carbocycles. The first kappa shape index (κ1) is 22.6. The van der Waals surface area contributed by atoms with E-state index in [1.54, 1.807) is 12.3 Å². The molecule has 6 nitrogen and oxygen atoms in total. The lowest BCUT2D eigenvalue weighted by atomic mass is 9.79. The number of ether oxygens (including phenoxy) is 2. The van der Waals surface area contributed by atoms with E-state index in [-0.39, 0.29) is 22.9 Å². The van der Waals surface area contributed by atoms with Gasteiger partial charge < -0.3 is 19.7 Å². The van der Waals surface area contributed by atoms with Crippen molar-refractivity contribution in [3.8, 4) is 11.4 Å². The molecule has 0 radical (unpaired) electrons. The first-order valence-corrected chi connectivity index (χ1v) is 12.8. The summed E-state index contributed by atoms with van der Waals surface area (Å²) in [6.45, 7) is 5.11. The number of fused-ring (bicyclic) bond motifs is 1. The molecule has 1 spiro atoms. The third-order valence-corrected chi connectivity index (χ3v) is 7.88. The molecule has 0 amide bonds. The number of anilines is 1. The fourth-order valence-electron chi connectivity index (χ4n) is 5.94. The number of piperidine rings is 1. The van der Waals surface area contributed by atoms with E-state index in [0.717, 1.165) is 69.6 Å². The number of nitrogens with zero attached hydrogens (tertiary/aromatic N) is 2. The van der Waals surface area contributed by atoms with E-state index in [4.69, 9.17) is 9.47 Å². The molecule has 3 aliphatic heterocycles. The van der Waals surface area contributed by atoms with Crippen molar-refractivity contribution < 1.29 is 13.9 Å². The van der Waals surface area contributed by atoms with Gasteiger partial charge in [0.05, 0.1) is 17.5 Å². The molecule has 35 heavy (non-hydrogen) atoms. The first-order chi connectivity index (χ1) is 17.1. The van der Waals surface area contributed by atoms with Crippen molar-refractivity contribution in [3.63, 3.8) is 0 Å². The summed E-state index contributed by atoms with van der Waals surface area (Å²) in [7, 11) is 0. The monoisotopic (exact) mass is 477 g/mol. The van der Waals surface area contributed by atoms with Gasteiger partial charge in [-0.1, -0.05) is 0 Å². The zero-order valence-corrected chi connectivity index (χ0v) is 20.0. The van der Waals surface area contributed by atoms with Gasteiger partial charge in [0, 0.05) is 49.3 Å². The van der Waals surface area contributed by atoms with Crippen LogP contribution in [0.3, 0.4) is 0 Å². The van der Waals surface area contributed by atoms with Gasteiger partial charge in [-0.3, -0.25) is 9.36 Å². The van der Waals surface area contributed by atoms with E-state index in [9.17, 15) is 4.79 Å². The Balaban J connectivity index is 1.23. The molecule has 1 N–H and O–H groups in total. The Morgan fingerprint density at radius 3 is 2.89 bits per heavy atom. The number of pyridine rings is 1. The van der Waals surface area contributed by atoms with Crippen molar-refractivity contribution in [2.45, 2.75) is 38.2 Å². The van der Waals surface area contributed by atoms with Gasteiger partial charge in [-0.2, -0.15) is 0 Å². The molecule has 3 aromatic rings. The molecular weight excluding hydrogens is 445 g/mol. The topological polar surface area (TPSA) is 55.7 Å². The Labute approximate surface area is 204 Å². The molecule has 0 aliphatic carbocycles. The van der Waals surface area contributed by atoms with E-state index in [1.165, 1.54) is 17.1 Å². The maximum atomic E-state index is 15.3. The van der Waals surface area contributed by atoms with Gasteiger partial charge in [-0.15, -0.1) is 0 Å². The number of hydrogen-bond acceptors (Lipinski definition) is 5. The standard InChI is InChI=1S/C28H32FN3O3/c29-25-16-21(4-7-26(25)31-12-2-9-28(19-31)10-11-30-18-28)32-13-8-20-15-22(5-6-24(20)27(32)33)35-17-23-3-1-14-34-23/h4-8,13,15-16,23,30H,1-3,9-12,14,17-19H2/t23-,28?/m1/s1. The van der Waals surface area contributed by atoms with Crippen LogP contribution in [0.15, 0.2) is 53.5 Å². The molecule has 4 heterocycles. The molecule has 1 aromatic heterocycles. The van der Waals surface area contributed by atoms with Crippen molar-refractivity contribution >= 4 is 16.5 Å². The van der Waals surface area contributed by atoms with Gasteiger partial charge in [-0.25, -0.2) is 4.39 Å². The number of hydrogen-bond donors (Lipinski definition) is 1. The van der Waals surface area contributed by atoms with Crippen LogP contribution in [0.2, 0.25) is 0 Å². The Hall–Kier alpha value is -2.90. The van der Waals surface area contributed by atoms with Gasteiger partial charge >= 0.3 is 0 Å². The van der Waals surface area contributed by atoms with Crippen molar-refractivity contribution in [3.05, 3.63) is 64.8 Å². The first-order valence-electron chi connectivity index (χ1n) is 12.8. The second-order valence-electron chi connectivity index (χ2n) is 10.3. The summed E-state index contributed by atoms with van der Waals surface area (Å²) in [5, 5.41) is 4.85. The Morgan fingerprint density at radius 2 is 2.09 bits per heavy atom. The predicted octanol–water partition coefficient (Wildman–Crippen LogP) is 4.27. The van der Waals surface area contributed by atoms with Crippen LogP contribution in [0.5, 0.6) is 5.75 Å². The van der Waals surface area contributed by atoms with Crippen LogP contribution in [0.1, 0.15) is 32.1 Å². The zero-order chi connectivity index (χ0) is 23.8. The van der Waals surface area contributed by atoms with E-state index in [2.05, 4.69) is 10.2 Å². The summed E-state index contributed by atoms with van der Waals surface area (Å²) >= 11 is 0. The Bertz CT molecular complexity index is 1280. The summed E-state index contributed by atoms with van der Waals surface area (Å²) in [5.41, 5.74) is 1.24. The molecule has 1 unspecified atom stereocenters. The Kier molecular flexibility index (Phi) is 5.98. The molecule has 0 bridgehead atoms. The lowest BCUT2D eigenvalue weighted by Gasteiger charge is -2.41. The predicted molar refractivity (Wildman–Crippen MR) is 135 cm³/mol. The molecule has 3 fully saturated rings. The lowest BCUT2D eigenvalue weighted by Crippen LogP contribution is -2.44. The van der Waals surface area contributed by atoms with Crippen LogP contribution in [-0.2, 0) is 4.74 Å². The van der Waals surface area contributed by atoms with Crippen molar-refractivity contribution in [1.29, 1.82) is 0 Å². The average Bonchev–Trinajstić information content (AvgIpc) is 3.55. The number of nitrogens with one attached hydrogen (secondary N) is 1. The summed E-state index contributed by atoms with van der Waals surface area (Å²) in [6, 6.07) is 12.5. The third-order valence-electron chi connectivity index (χ3n) is 7.88. The molecule has 3 aliphatic rings. The minimum absolute atomic E-state index is 0.141. The number of rotatable bonds is 5. The molecular formula is C28H32FN3O3. The summed E-state index contributed by atoms with van der Waals surface area (Å²) in [4.78, 5) is 15.4. The number of halogens is 1. The molecule has 7 heteroatoms. The van der Waals surface area contributed by atoms with Crippen LogP contribution in [0.25, 0.3) is 16.5 Å². The van der Waals surface area contributed by atoms with Crippen LogP contribution >= 0.6 is 0 Å². The van der Waals surface area contributed by atoms with Gasteiger partial charge in [0.15, 0.2) is 0 Å². The second-order valence-corrected chi connectivity index (χ2v) is 10.3. The maximum absolute atomic E-state index is 15.3. The van der Waals surface area contributed by atoms with Crippen LogP contribution in [0.4, 0.5) is 10.1 Å². The van der Waals surface area contributed by atoms with Crippen LogP contribution in [-0.4, -0.2) is 50.1 Å². The van der Waals surface area contributed by atoms with Crippen LogP contribution < -0.4 is 20.5 Å². The summed E-state index contributed by atoms with van der Waals surface area (Å²) < 4.78 is 28.3. The number of aromatic nitrogens is 1. The Morgan fingerprint density at radius 1 is 1.14 bits per heavy atom. The fourth-order valence-corrected chi connectivity index (χ4v) is 5.94. The average molecular weight is 478 g/mol. The highest BCUT2D eigenvalue weighted by molar-refractivity contribution is 5.83. The molecule has 2 atom stereocenters. The molecule has 3 saturated heterocycles. The highest BCUT2D eigenvalue weighted by Crippen LogP contribution is 2.38. The highest BCUT2D eigenvalue weighted by Gasteiger charge is 2.38. The van der Waals surface area contributed by atoms with E-state index in [0.29, 0.717) is 23.4 Å². The molecule has 184 valence electrons. The normalized spacial score (nSPS) is 24.5. The fraction of sp³-hybridized carbons (Fsp3) is 0.464. The van der Waals surface area contributed by atoms with Crippen molar-refractivity contribution in [2.75, 3.05) is 44.3 Å². The maximum Gasteiger partial charge on any atom is 0.262 e. The smallest absolute Gasteiger partial charge is 0.262 e. The van der Waals surface area contributed by atoms with E-state index >= 15 is 4.39 Å². The van der Waals surface area contributed by atoms with Gasteiger partial charge in [0.2, 0.25) is 0 Å². The second kappa shape index (κ2) is 9.28. The van der Waals surface area contributed by atoms with Gasteiger partial charge in [0.1, 0.15) is 18.2 Å².